The Hall–Kier alpha value is -2.86. The molecule has 0 radical (unpaired) electrons. The Kier molecular flexibility index (Phi) is 4.25. The highest BCUT2D eigenvalue weighted by Gasteiger charge is 2.16. The molecule has 0 bridgehead atoms. The van der Waals surface area contributed by atoms with Crippen molar-refractivity contribution < 1.29 is 14.1 Å². The van der Waals surface area contributed by atoms with Crippen LogP contribution in [-0.4, -0.2) is 23.2 Å². The number of hydrogen-bond acceptors (Lipinski definition) is 5. The maximum Gasteiger partial charge on any atom is 0.261 e. The minimum absolute atomic E-state index is 0.218. The average molecular weight is 330 g/mol. The largest absolute Gasteiger partial charge is 0.496 e. The zero-order chi connectivity index (χ0) is 16.2. The van der Waals surface area contributed by atoms with Crippen LogP contribution in [-0.2, 0) is 0 Å². The van der Waals surface area contributed by atoms with Gasteiger partial charge in [-0.25, -0.2) is 0 Å². The van der Waals surface area contributed by atoms with Gasteiger partial charge in [0, 0.05) is 29.0 Å². The maximum absolute atomic E-state index is 12.3. The molecule has 1 amide bonds. The van der Waals surface area contributed by atoms with E-state index in [1.807, 2.05) is 6.07 Å². The van der Waals surface area contributed by atoms with Crippen LogP contribution in [0.4, 0.5) is 5.88 Å². The molecule has 3 rings (SSSR count). The normalized spacial score (nSPS) is 10.3. The van der Waals surface area contributed by atoms with Crippen molar-refractivity contribution in [1.82, 2.24) is 10.1 Å². The van der Waals surface area contributed by atoms with E-state index in [0.29, 0.717) is 22.0 Å². The highest BCUT2D eigenvalue weighted by Crippen LogP contribution is 2.25. The fourth-order valence-corrected chi connectivity index (χ4v) is 2.19. The minimum atomic E-state index is -0.404. The average Bonchev–Trinajstić information content (AvgIpc) is 3.04. The monoisotopic (exact) mass is 329 g/mol. The van der Waals surface area contributed by atoms with Crippen LogP contribution in [0.2, 0.25) is 5.02 Å². The maximum atomic E-state index is 12.3. The molecule has 6 nitrogen and oxygen atoms in total. The summed E-state index contributed by atoms with van der Waals surface area (Å²) in [4.78, 5) is 16.4. The molecule has 0 fully saturated rings. The Morgan fingerprint density at radius 1 is 1.30 bits per heavy atom. The Labute approximate surface area is 137 Å². The molecule has 0 aliphatic rings. The van der Waals surface area contributed by atoms with Crippen LogP contribution in [0.15, 0.2) is 53.3 Å². The highest BCUT2D eigenvalue weighted by molar-refractivity contribution is 6.31. The summed E-state index contributed by atoms with van der Waals surface area (Å²) in [6.07, 6.45) is 3.32. The number of nitrogens with zero attached hydrogens (tertiary/aromatic N) is 2. The van der Waals surface area contributed by atoms with Crippen molar-refractivity contribution in [3.05, 3.63) is 59.4 Å². The van der Waals surface area contributed by atoms with Gasteiger partial charge < -0.3 is 9.26 Å². The van der Waals surface area contributed by atoms with Crippen molar-refractivity contribution in [2.75, 3.05) is 12.4 Å². The lowest BCUT2D eigenvalue weighted by molar-refractivity contribution is 0.102. The standard InChI is InChI=1S/C16H12ClN3O3/c1-22-14-5-4-11(17)7-12(14)16(21)19-15-8-13(20-23-15)10-3-2-6-18-9-10/h2-9H,1H3,(H,19,21). The van der Waals surface area contributed by atoms with E-state index in [4.69, 9.17) is 20.9 Å². The summed E-state index contributed by atoms with van der Waals surface area (Å²) in [6.45, 7) is 0. The molecule has 3 aromatic rings. The van der Waals surface area contributed by atoms with Crippen LogP contribution >= 0.6 is 11.6 Å². The van der Waals surface area contributed by atoms with Crippen LogP contribution in [0.25, 0.3) is 11.3 Å². The molecule has 7 heteroatoms. The number of ether oxygens (including phenoxy) is 1. The lowest BCUT2D eigenvalue weighted by atomic mass is 10.2. The van der Waals surface area contributed by atoms with Crippen LogP contribution in [0.3, 0.4) is 0 Å². The lowest BCUT2D eigenvalue weighted by Crippen LogP contribution is -2.12. The first-order chi connectivity index (χ1) is 11.2. The van der Waals surface area contributed by atoms with E-state index in [1.54, 1.807) is 36.7 Å². The second kappa shape index (κ2) is 6.50. The molecular formula is C16H12ClN3O3. The summed E-state index contributed by atoms with van der Waals surface area (Å²) < 4.78 is 10.3. The fraction of sp³-hybridized carbons (Fsp3) is 0.0625. The van der Waals surface area contributed by atoms with Gasteiger partial charge >= 0.3 is 0 Å². The lowest BCUT2D eigenvalue weighted by Gasteiger charge is -2.07. The molecular weight excluding hydrogens is 318 g/mol. The van der Waals surface area contributed by atoms with Crippen LogP contribution in [0.5, 0.6) is 5.75 Å². The summed E-state index contributed by atoms with van der Waals surface area (Å²) in [7, 11) is 1.48. The van der Waals surface area contributed by atoms with Gasteiger partial charge in [0.1, 0.15) is 11.4 Å². The smallest absolute Gasteiger partial charge is 0.261 e. The Bertz CT molecular complexity index is 834. The Balaban J connectivity index is 1.82. The van der Waals surface area contributed by atoms with Crippen molar-refractivity contribution in [1.29, 1.82) is 0 Å². The number of carbonyl (C=O) groups excluding carboxylic acids is 1. The number of anilines is 1. The molecule has 0 saturated heterocycles. The Morgan fingerprint density at radius 2 is 2.17 bits per heavy atom. The fourth-order valence-electron chi connectivity index (χ4n) is 2.02. The van der Waals surface area contributed by atoms with E-state index in [1.165, 1.54) is 13.2 Å². The molecule has 1 N–H and O–H groups in total. The predicted octanol–water partition coefficient (Wildman–Crippen LogP) is 3.65. The summed E-state index contributed by atoms with van der Waals surface area (Å²) in [5.74, 6) is 0.230. The van der Waals surface area contributed by atoms with Gasteiger partial charge in [0.25, 0.3) is 5.91 Å². The number of rotatable bonds is 4. The molecule has 0 spiro atoms. The quantitative estimate of drug-likeness (QED) is 0.790. The van der Waals surface area contributed by atoms with E-state index < -0.39 is 5.91 Å². The first-order valence-corrected chi connectivity index (χ1v) is 7.07. The van der Waals surface area contributed by atoms with Crippen molar-refractivity contribution in [2.24, 2.45) is 0 Å². The summed E-state index contributed by atoms with van der Waals surface area (Å²) in [5, 5.41) is 6.96. The second-order valence-corrected chi connectivity index (χ2v) is 5.05. The number of hydrogen-bond donors (Lipinski definition) is 1. The van der Waals surface area contributed by atoms with E-state index in [9.17, 15) is 4.79 Å². The zero-order valence-corrected chi connectivity index (χ0v) is 12.9. The SMILES string of the molecule is COc1ccc(Cl)cc1C(=O)Nc1cc(-c2cccnc2)no1. The third-order valence-electron chi connectivity index (χ3n) is 3.11. The molecule has 1 aromatic carbocycles. The molecule has 0 unspecified atom stereocenters. The summed E-state index contributed by atoms with van der Waals surface area (Å²) >= 11 is 5.93. The van der Waals surface area contributed by atoms with E-state index in [-0.39, 0.29) is 5.88 Å². The predicted molar refractivity (Wildman–Crippen MR) is 85.7 cm³/mol. The number of halogens is 1. The number of aromatic nitrogens is 2. The summed E-state index contributed by atoms with van der Waals surface area (Å²) in [6, 6.07) is 10.0. The first kappa shape index (κ1) is 15.1. The molecule has 2 heterocycles. The topological polar surface area (TPSA) is 77.2 Å². The van der Waals surface area contributed by atoms with E-state index in [0.717, 1.165) is 5.56 Å². The number of amides is 1. The number of nitrogens with one attached hydrogen (secondary N) is 1. The van der Waals surface area contributed by atoms with Crippen LogP contribution in [0, 0.1) is 0 Å². The van der Waals surface area contributed by atoms with Gasteiger partial charge in [-0.3, -0.25) is 15.1 Å². The second-order valence-electron chi connectivity index (χ2n) is 4.62. The summed E-state index contributed by atoms with van der Waals surface area (Å²) in [5.41, 5.74) is 1.67. The number of benzene rings is 1. The third-order valence-corrected chi connectivity index (χ3v) is 3.35. The van der Waals surface area contributed by atoms with E-state index in [2.05, 4.69) is 15.5 Å². The highest BCUT2D eigenvalue weighted by atomic mass is 35.5. The number of carbonyl (C=O) groups is 1. The van der Waals surface area contributed by atoms with Crippen molar-refractivity contribution in [3.8, 4) is 17.0 Å². The zero-order valence-electron chi connectivity index (χ0n) is 12.1. The van der Waals surface area contributed by atoms with Gasteiger partial charge in [0.2, 0.25) is 5.88 Å². The van der Waals surface area contributed by atoms with Gasteiger partial charge in [0.05, 0.1) is 12.7 Å². The molecule has 116 valence electrons. The molecule has 0 atom stereocenters. The van der Waals surface area contributed by atoms with Crippen LogP contribution in [0.1, 0.15) is 10.4 Å². The van der Waals surface area contributed by atoms with Gasteiger partial charge in [-0.2, -0.15) is 0 Å². The van der Waals surface area contributed by atoms with E-state index >= 15 is 0 Å². The molecule has 23 heavy (non-hydrogen) atoms. The number of pyridine rings is 1. The molecule has 0 saturated carbocycles. The Morgan fingerprint density at radius 3 is 2.91 bits per heavy atom. The van der Waals surface area contributed by atoms with Gasteiger partial charge in [-0.15, -0.1) is 0 Å². The van der Waals surface area contributed by atoms with Gasteiger partial charge in [-0.1, -0.05) is 16.8 Å². The molecule has 0 aliphatic carbocycles. The molecule has 0 aliphatic heterocycles. The number of methoxy groups -OCH3 is 1. The van der Waals surface area contributed by atoms with Gasteiger partial charge in [0.15, 0.2) is 0 Å². The van der Waals surface area contributed by atoms with Gasteiger partial charge in [-0.05, 0) is 30.3 Å². The molecule has 2 aromatic heterocycles. The third kappa shape index (κ3) is 3.32. The van der Waals surface area contributed by atoms with Crippen molar-refractivity contribution >= 4 is 23.4 Å². The van der Waals surface area contributed by atoms with Crippen LogP contribution < -0.4 is 10.1 Å². The first-order valence-electron chi connectivity index (χ1n) is 6.69. The minimum Gasteiger partial charge on any atom is -0.496 e. The van der Waals surface area contributed by atoms with Crippen molar-refractivity contribution in [2.45, 2.75) is 0 Å². The van der Waals surface area contributed by atoms with Crippen molar-refractivity contribution in [3.63, 3.8) is 0 Å².